The first kappa shape index (κ1) is 13.6. The minimum Gasteiger partial charge on any atom is -0.396 e. The van der Waals surface area contributed by atoms with Crippen molar-refractivity contribution in [1.82, 2.24) is 5.32 Å². The number of hydrogen-bond acceptors (Lipinski definition) is 3. The van der Waals surface area contributed by atoms with Crippen LogP contribution in [0.2, 0.25) is 0 Å². The lowest BCUT2D eigenvalue weighted by molar-refractivity contribution is 0.289. The highest BCUT2D eigenvalue weighted by molar-refractivity contribution is 8.00. The Labute approximate surface area is 102 Å². The molecule has 2 N–H and O–H groups in total. The van der Waals surface area contributed by atoms with Gasteiger partial charge in [0.05, 0.1) is 0 Å². The van der Waals surface area contributed by atoms with Gasteiger partial charge in [0.25, 0.3) is 0 Å². The van der Waals surface area contributed by atoms with Crippen LogP contribution in [0.1, 0.15) is 24.5 Å². The molecule has 0 heterocycles. The lowest BCUT2D eigenvalue weighted by Gasteiger charge is -2.12. The SMILES string of the molecule is CNCc1ccc(SC(C)CCO)c(C)c1. The monoisotopic (exact) mass is 239 g/mol. The molecule has 0 aliphatic rings. The smallest absolute Gasteiger partial charge is 0.0441 e. The molecule has 1 rings (SSSR count). The molecule has 0 saturated carbocycles. The van der Waals surface area contributed by atoms with Crippen LogP contribution in [-0.2, 0) is 6.54 Å². The first-order valence-electron chi connectivity index (χ1n) is 5.69. The largest absolute Gasteiger partial charge is 0.396 e. The molecule has 1 aromatic rings. The van der Waals surface area contributed by atoms with Crippen molar-refractivity contribution in [1.29, 1.82) is 0 Å². The number of aliphatic hydroxyl groups is 1. The van der Waals surface area contributed by atoms with Gasteiger partial charge in [0.15, 0.2) is 0 Å². The van der Waals surface area contributed by atoms with E-state index in [4.69, 9.17) is 5.11 Å². The molecule has 0 spiro atoms. The zero-order valence-electron chi connectivity index (χ0n) is 10.3. The van der Waals surface area contributed by atoms with E-state index in [1.54, 1.807) is 0 Å². The quantitative estimate of drug-likeness (QED) is 0.748. The molecule has 90 valence electrons. The summed E-state index contributed by atoms with van der Waals surface area (Å²) in [4.78, 5) is 1.32. The van der Waals surface area contributed by atoms with Crippen LogP contribution in [-0.4, -0.2) is 24.0 Å². The maximum absolute atomic E-state index is 8.88. The van der Waals surface area contributed by atoms with Gasteiger partial charge in [-0.3, -0.25) is 0 Å². The number of rotatable bonds is 6. The van der Waals surface area contributed by atoms with Gasteiger partial charge in [0.2, 0.25) is 0 Å². The third kappa shape index (κ3) is 4.16. The molecule has 16 heavy (non-hydrogen) atoms. The van der Waals surface area contributed by atoms with E-state index in [9.17, 15) is 0 Å². The predicted molar refractivity (Wildman–Crippen MR) is 71.0 cm³/mol. The molecule has 0 aliphatic carbocycles. The zero-order chi connectivity index (χ0) is 12.0. The van der Waals surface area contributed by atoms with Gasteiger partial charge in [-0.15, -0.1) is 11.8 Å². The van der Waals surface area contributed by atoms with Gasteiger partial charge in [0, 0.05) is 23.3 Å². The van der Waals surface area contributed by atoms with Crippen LogP contribution in [0.15, 0.2) is 23.1 Å². The molecule has 0 fully saturated rings. The second kappa shape index (κ2) is 6.94. The average molecular weight is 239 g/mol. The van der Waals surface area contributed by atoms with Gasteiger partial charge in [0.1, 0.15) is 0 Å². The molecule has 0 aliphatic heterocycles. The molecule has 1 unspecified atom stereocenters. The van der Waals surface area contributed by atoms with Crippen LogP contribution in [0.3, 0.4) is 0 Å². The summed E-state index contributed by atoms with van der Waals surface area (Å²) in [7, 11) is 1.96. The molecule has 1 atom stereocenters. The maximum atomic E-state index is 8.88. The topological polar surface area (TPSA) is 32.3 Å². The van der Waals surface area contributed by atoms with Crippen molar-refractivity contribution in [2.24, 2.45) is 0 Å². The van der Waals surface area contributed by atoms with Crippen LogP contribution in [0.25, 0.3) is 0 Å². The van der Waals surface area contributed by atoms with E-state index in [1.165, 1.54) is 16.0 Å². The number of nitrogens with one attached hydrogen (secondary N) is 1. The highest BCUT2D eigenvalue weighted by Crippen LogP contribution is 2.28. The number of thioether (sulfide) groups is 1. The van der Waals surface area contributed by atoms with E-state index in [0.29, 0.717) is 5.25 Å². The Morgan fingerprint density at radius 3 is 2.75 bits per heavy atom. The van der Waals surface area contributed by atoms with Crippen molar-refractivity contribution in [3.63, 3.8) is 0 Å². The van der Waals surface area contributed by atoms with Gasteiger partial charge < -0.3 is 10.4 Å². The highest BCUT2D eigenvalue weighted by atomic mass is 32.2. The maximum Gasteiger partial charge on any atom is 0.0441 e. The number of hydrogen-bond donors (Lipinski definition) is 2. The van der Waals surface area contributed by atoms with Gasteiger partial charge in [-0.25, -0.2) is 0 Å². The predicted octanol–water partition coefficient (Wildman–Crippen LogP) is 2.58. The Morgan fingerprint density at radius 2 is 2.19 bits per heavy atom. The van der Waals surface area contributed by atoms with Crippen molar-refractivity contribution >= 4 is 11.8 Å². The number of aryl methyl sites for hydroxylation is 1. The summed E-state index contributed by atoms with van der Waals surface area (Å²) in [5, 5.41) is 12.5. The number of aliphatic hydroxyl groups excluding tert-OH is 1. The highest BCUT2D eigenvalue weighted by Gasteiger charge is 2.06. The van der Waals surface area contributed by atoms with Crippen molar-refractivity contribution in [3.05, 3.63) is 29.3 Å². The van der Waals surface area contributed by atoms with Gasteiger partial charge >= 0.3 is 0 Å². The fraction of sp³-hybridized carbons (Fsp3) is 0.538. The van der Waals surface area contributed by atoms with E-state index in [2.05, 4.69) is 37.4 Å². The first-order valence-corrected chi connectivity index (χ1v) is 6.57. The fourth-order valence-corrected chi connectivity index (χ4v) is 2.66. The van der Waals surface area contributed by atoms with Crippen molar-refractivity contribution in [3.8, 4) is 0 Å². The minimum absolute atomic E-state index is 0.269. The first-order chi connectivity index (χ1) is 7.67. The van der Waals surface area contributed by atoms with Crippen LogP contribution < -0.4 is 5.32 Å². The minimum atomic E-state index is 0.269. The van der Waals surface area contributed by atoms with E-state index >= 15 is 0 Å². The fourth-order valence-electron chi connectivity index (χ4n) is 1.62. The molecule has 0 saturated heterocycles. The van der Waals surface area contributed by atoms with Crippen molar-refractivity contribution in [2.75, 3.05) is 13.7 Å². The molecule has 3 heteroatoms. The Balaban J connectivity index is 2.67. The summed E-state index contributed by atoms with van der Waals surface area (Å²) in [6.45, 7) is 5.48. The molecule has 2 nitrogen and oxygen atoms in total. The van der Waals surface area contributed by atoms with Gasteiger partial charge in [-0.1, -0.05) is 19.1 Å². The molecule has 1 aromatic carbocycles. The summed E-state index contributed by atoms with van der Waals surface area (Å²) in [6.07, 6.45) is 0.850. The van der Waals surface area contributed by atoms with E-state index in [-0.39, 0.29) is 6.61 Å². The molecular formula is C13H21NOS. The summed E-state index contributed by atoms with van der Waals surface area (Å²) >= 11 is 1.84. The summed E-state index contributed by atoms with van der Waals surface area (Å²) < 4.78 is 0. The zero-order valence-corrected chi connectivity index (χ0v) is 11.1. The Hall–Kier alpha value is -0.510. The van der Waals surface area contributed by atoms with Crippen molar-refractivity contribution < 1.29 is 5.11 Å². The van der Waals surface area contributed by atoms with E-state index in [0.717, 1.165) is 13.0 Å². The van der Waals surface area contributed by atoms with Crippen LogP contribution >= 0.6 is 11.8 Å². The Kier molecular flexibility index (Phi) is 5.88. The van der Waals surface area contributed by atoms with E-state index < -0.39 is 0 Å². The normalized spacial score (nSPS) is 12.8. The molecule has 0 aromatic heterocycles. The third-order valence-corrected chi connectivity index (χ3v) is 3.83. The second-order valence-corrected chi connectivity index (χ2v) is 5.55. The van der Waals surface area contributed by atoms with Crippen LogP contribution in [0, 0.1) is 6.92 Å². The molecule has 0 radical (unpaired) electrons. The summed E-state index contributed by atoms with van der Waals surface area (Å²) in [6, 6.07) is 6.57. The Morgan fingerprint density at radius 1 is 1.44 bits per heavy atom. The van der Waals surface area contributed by atoms with Crippen molar-refractivity contribution in [2.45, 2.75) is 37.0 Å². The molecule has 0 bridgehead atoms. The third-order valence-electron chi connectivity index (χ3n) is 2.48. The molecule has 0 amide bonds. The van der Waals surface area contributed by atoms with Gasteiger partial charge in [-0.05, 0) is 37.6 Å². The van der Waals surface area contributed by atoms with Gasteiger partial charge in [-0.2, -0.15) is 0 Å². The van der Waals surface area contributed by atoms with E-state index in [1.807, 2.05) is 18.8 Å². The van der Waals surface area contributed by atoms with Crippen LogP contribution in [0.5, 0.6) is 0 Å². The average Bonchev–Trinajstić information content (AvgIpc) is 2.23. The number of benzene rings is 1. The lowest BCUT2D eigenvalue weighted by atomic mass is 10.1. The summed E-state index contributed by atoms with van der Waals surface area (Å²) in [5.41, 5.74) is 2.64. The lowest BCUT2D eigenvalue weighted by Crippen LogP contribution is -2.05. The molecular weight excluding hydrogens is 218 g/mol. The standard InChI is InChI=1S/C13H21NOS/c1-10-8-12(9-14-3)4-5-13(10)16-11(2)6-7-15/h4-5,8,11,14-15H,6-7,9H2,1-3H3. The second-order valence-electron chi connectivity index (χ2n) is 4.07. The Bertz CT molecular complexity index is 328. The van der Waals surface area contributed by atoms with Crippen LogP contribution in [0.4, 0.5) is 0 Å². The summed E-state index contributed by atoms with van der Waals surface area (Å²) in [5.74, 6) is 0.